The smallest absolute Gasteiger partial charge is 0.306 e. The number of para-hydroxylation sites is 2. The van der Waals surface area contributed by atoms with E-state index in [-0.39, 0.29) is 11.7 Å². The molecule has 0 spiro atoms. The van der Waals surface area contributed by atoms with E-state index in [2.05, 4.69) is 30.5 Å². The zero-order valence-corrected chi connectivity index (χ0v) is 12.1. The largest absolute Gasteiger partial charge is 0.326 e. The monoisotopic (exact) mass is 299 g/mol. The topological polar surface area (TPSA) is 95.5 Å². The number of aromatic nitrogens is 6. The molecule has 1 saturated heterocycles. The second kappa shape index (κ2) is 5.38. The summed E-state index contributed by atoms with van der Waals surface area (Å²) in [7, 11) is 0. The molecular formula is C14H17N7O. The maximum Gasteiger partial charge on any atom is 0.326 e. The molecule has 3 heterocycles. The predicted molar refractivity (Wildman–Crippen MR) is 80.3 cm³/mol. The normalized spacial score (nSPS) is 17.3. The van der Waals surface area contributed by atoms with Gasteiger partial charge in [0.15, 0.2) is 5.82 Å². The molecule has 0 saturated carbocycles. The van der Waals surface area contributed by atoms with Crippen LogP contribution in [-0.4, -0.2) is 48.2 Å². The van der Waals surface area contributed by atoms with Crippen LogP contribution in [0.2, 0.25) is 0 Å². The van der Waals surface area contributed by atoms with Gasteiger partial charge in [-0.3, -0.25) is 9.47 Å². The molecule has 22 heavy (non-hydrogen) atoms. The van der Waals surface area contributed by atoms with Crippen LogP contribution in [0, 0.1) is 0 Å². The number of tetrazole rings is 1. The first-order valence-corrected chi connectivity index (χ1v) is 7.45. The molecule has 8 nitrogen and oxygen atoms in total. The van der Waals surface area contributed by atoms with Gasteiger partial charge in [0.25, 0.3) is 0 Å². The Morgan fingerprint density at radius 1 is 1.23 bits per heavy atom. The van der Waals surface area contributed by atoms with E-state index < -0.39 is 0 Å². The highest BCUT2D eigenvalue weighted by atomic mass is 16.1. The highest BCUT2D eigenvalue weighted by Gasteiger charge is 2.24. The van der Waals surface area contributed by atoms with E-state index in [0.717, 1.165) is 37.0 Å². The van der Waals surface area contributed by atoms with Crippen molar-refractivity contribution in [3.05, 3.63) is 40.6 Å². The minimum atomic E-state index is -0.0159. The van der Waals surface area contributed by atoms with Crippen LogP contribution >= 0.6 is 0 Å². The van der Waals surface area contributed by atoms with Crippen LogP contribution in [0.25, 0.3) is 11.0 Å². The standard InChI is InChI=1S/C14H17N7O/c22-14-15-11-3-1-2-4-12(11)21(14)10-5-7-20(8-6-10)9-13-16-18-19-17-13/h1-4,10H,5-9H2,(H,15,22)(H,16,17,18,19). The SMILES string of the molecule is O=c1[nH]c2ccccc2n1C1CCN(Cc2nn[nH]n2)CC1. The highest BCUT2D eigenvalue weighted by molar-refractivity contribution is 5.75. The quantitative estimate of drug-likeness (QED) is 0.741. The molecule has 4 rings (SSSR count). The van der Waals surface area contributed by atoms with E-state index in [1.165, 1.54) is 0 Å². The van der Waals surface area contributed by atoms with Crippen molar-refractivity contribution < 1.29 is 0 Å². The molecule has 1 aliphatic heterocycles. The number of nitrogens with zero attached hydrogens (tertiary/aromatic N) is 5. The summed E-state index contributed by atoms with van der Waals surface area (Å²) in [5, 5.41) is 14.0. The summed E-state index contributed by atoms with van der Waals surface area (Å²) in [6.07, 6.45) is 1.89. The number of rotatable bonds is 3. The van der Waals surface area contributed by atoms with Crippen LogP contribution in [0.15, 0.2) is 29.1 Å². The van der Waals surface area contributed by atoms with Crippen molar-refractivity contribution in [2.75, 3.05) is 13.1 Å². The molecule has 0 amide bonds. The first-order chi connectivity index (χ1) is 10.8. The number of hydrogen-bond donors (Lipinski definition) is 2. The number of H-pyrrole nitrogens is 2. The second-order valence-corrected chi connectivity index (χ2v) is 5.65. The number of hydrogen-bond acceptors (Lipinski definition) is 5. The van der Waals surface area contributed by atoms with Crippen molar-refractivity contribution in [2.24, 2.45) is 0 Å². The number of fused-ring (bicyclic) bond motifs is 1. The van der Waals surface area contributed by atoms with E-state index >= 15 is 0 Å². The Labute approximate surface area is 126 Å². The Morgan fingerprint density at radius 2 is 2.05 bits per heavy atom. The first kappa shape index (κ1) is 13.2. The van der Waals surface area contributed by atoms with E-state index in [1.54, 1.807) is 0 Å². The highest BCUT2D eigenvalue weighted by Crippen LogP contribution is 2.25. The summed E-state index contributed by atoms with van der Waals surface area (Å²) < 4.78 is 1.90. The van der Waals surface area contributed by atoms with Gasteiger partial charge in [0.05, 0.1) is 17.6 Å². The zero-order valence-electron chi connectivity index (χ0n) is 12.1. The molecule has 0 atom stereocenters. The molecular weight excluding hydrogens is 282 g/mol. The summed E-state index contributed by atoms with van der Waals surface area (Å²) in [6, 6.07) is 8.09. The van der Waals surface area contributed by atoms with Crippen LogP contribution in [0.5, 0.6) is 0 Å². The number of aromatic amines is 2. The van der Waals surface area contributed by atoms with Crippen molar-refractivity contribution in [1.29, 1.82) is 0 Å². The minimum absolute atomic E-state index is 0.0159. The average molecular weight is 299 g/mol. The molecule has 2 N–H and O–H groups in total. The lowest BCUT2D eigenvalue weighted by molar-refractivity contribution is 0.176. The van der Waals surface area contributed by atoms with Crippen molar-refractivity contribution in [2.45, 2.75) is 25.4 Å². The van der Waals surface area contributed by atoms with Gasteiger partial charge in [-0.1, -0.05) is 17.3 Å². The third-order valence-corrected chi connectivity index (χ3v) is 4.30. The van der Waals surface area contributed by atoms with Crippen molar-refractivity contribution >= 4 is 11.0 Å². The molecule has 0 bridgehead atoms. The lowest BCUT2D eigenvalue weighted by Gasteiger charge is -2.31. The van der Waals surface area contributed by atoms with E-state index in [0.29, 0.717) is 12.4 Å². The van der Waals surface area contributed by atoms with Crippen molar-refractivity contribution in [3.8, 4) is 0 Å². The van der Waals surface area contributed by atoms with E-state index in [1.807, 2.05) is 28.8 Å². The average Bonchev–Trinajstić information content (AvgIpc) is 3.15. The van der Waals surface area contributed by atoms with Gasteiger partial charge in [-0.25, -0.2) is 4.79 Å². The van der Waals surface area contributed by atoms with E-state index in [4.69, 9.17) is 0 Å². The molecule has 114 valence electrons. The van der Waals surface area contributed by atoms with Gasteiger partial charge >= 0.3 is 5.69 Å². The minimum Gasteiger partial charge on any atom is -0.306 e. The van der Waals surface area contributed by atoms with Crippen LogP contribution in [0.4, 0.5) is 0 Å². The van der Waals surface area contributed by atoms with Gasteiger partial charge in [-0.2, -0.15) is 5.21 Å². The lowest BCUT2D eigenvalue weighted by atomic mass is 10.0. The van der Waals surface area contributed by atoms with Gasteiger partial charge < -0.3 is 4.98 Å². The van der Waals surface area contributed by atoms with Crippen LogP contribution < -0.4 is 5.69 Å². The number of benzene rings is 1. The second-order valence-electron chi connectivity index (χ2n) is 5.65. The van der Waals surface area contributed by atoms with Gasteiger partial charge in [0.2, 0.25) is 0 Å². The Balaban J connectivity index is 1.51. The molecule has 0 radical (unpaired) electrons. The van der Waals surface area contributed by atoms with Crippen molar-refractivity contribution in [1.82, 2.24) is 35.1 Å². The van der Waals surface area contributed by atoms with Crippen molar-refractivity contribution in [3.63, 3.8) is 0 Å². The molecule has 0 aliphatic carbocycles. The molecule has 8 heteroatoms. The Morgan fingerprint density at radius 3 is 2.82 bits per heavy atom. The number of likely N-dealkylation sites (tertiary alicyclic amines) is 1. The maximum absolute atomic E-state index is 12.2. The summed E-state index contributed by atoms with van der Waals surface area (Å²) in [5.74, 6) is 0.711. The summed E-state index contributed by atoms with van der Waals surface area (Å²) in [6.45, 7) is 2.54. The molecule has 1 aliphatic rings. The maximum atomic E-state index is 12.2. The van der Waals surface area contributed by atoms with Gasteiger partial charge in [0, 0.05) is 19.1 Å². The summed E-state index contributed by atoms with van der Waals surface area (Å²) >= 11 is 0. The van der Waals surface area contributed by atoms with Crippen LogP contribution in [0.1, 0.15) is 24.7 Å². The van der Waals surface area contributed by atoms with Crippen LogP contribution in [-0.2, 0) is 6.54 Å². The predicted octanol–water partition coefficient (Wildman–Crippen LogP) is 0.680. The molecule has 1 aromatic carbocycles. The zero-order chi connectivity index (χ0) is 14.9. The molecule has 0 unspecified atom stereocenters. The fourth-order valence-electron chi connectivity index (χ4n) is 3.22. The molecule has 1 fully saturated rings. The summed E-state index contributed by atoms with van der Waals surface area (Å²) in [5.41, 5.74) is 1.88. The van der Waals surface area contributed by atoms with Gasteiger partial charge in [-0.15, -0.1) is 10.2 Å². The lowest BCUT2D eigenvalue weighted by Crippen LogP contribution is -2.36. The number of nitrogens with one attached hydrogen (secondary N) is 2. The summed E-state index contributed by atoms with van der Waals surface area (Å²) in [4.78, 5) is 17.5. The first-order valence-electron chi connectivity index (χ1n) is 7.45. The Hall–Kier alpha value is -2.48. The fourth-order valence-corrected chi connectivity index (χ4v) is 3.22. The van der Waals surface area contributed by atoms with Gasteiger partial charge in [-0.05, 0) is 25.0 Å². The fraction of sp³-hybridized carbons (Fsp3) is 0.429. The molecule has 3 aromatic rings. The van der Waals surface area contributed by atoms with Gasteiger partial charge in [0.1, 0.15) is 0 Å². The Bertz CT molecular complexity index is 811. The number of piperidine rings is 1. The molecule has 2 aromatic heterocycles. The van der Waals surface area contributed by atoms with Crippen LogP contribution in [0.3, 0.4) is 0 Å². The third kappa shape index (κ3) is 2.31. The number of imidazole rings is 1. The third-order valence-electron chi connectivity index (χ3n) is 4.30. The Kier molecular flexibility index (Phi) is 3.23. The van der Waals surface area contributed by atoms with E-state index in [9.17, 15) is 4.79 Å².